The maximum absolute atomic E-state index is 13.5. The number of furan rings is 1. The van der Waals surface area contributed by atoms with E-state index in [9.17, 15) is 14.3 Å². The molecule has 0 saturated carbocycles. The van der Waals surface area contributed by atoms with Crippen molar-refractivity contribution in [1.82, 2.24) is 24.7 Å². The average molecular weight is 445 g/mol. The van der Waals surface area contributed by atoms with E-state index in [1.165, 1.54) is 18.5 Å². The summed E-state index contributed by atoms with van der Waals surface area (Å²) in [7, 11) is 0. The molecule has 33 heavy (non-hydrogen) atoms. The topological polar surface area (TPSA) is 110 Å². The number of pyridine rings is 1. The first-order valence-electron chi connectivity index (χ1n) is 10.3. The van der Waals surface area contributed by atoms with Crippen LogP contribution in [0.5, 0.6) is 0 Å². The van der Waals surface area contributed by atoms with Crippen molar-refractivity contribution in [2.24, 2.45) is 0 Å². The molecule has 0 aliphatic carbocycles. The van der Waals surface area contributed by atoms with Crippen LogP contribution >= 0.6 is 0 Å². The molecule has 166 valence electrons. The zero-order valence-corrected chi connectivity index (χ0v) is 17.9. The number of hydrogen-bond donors (Lipinski definition) is 2. The fourth-order valence-electron chi connectivity index (χ4n) is 3.71. The molecular formula is C24H20FN5O3. The number of benzene rings is 1. The lowest BCUT2D eigenvalue weighted by atomic mass is 10.0. The Hall–Kier alpha value is -4.11. The van der Waals surface area contributed by atoms with Gasteiger partial charge in [0.2, 0.25) is 5.71 Å². The van der Waals surface area contributed by atoms with Crippen molar-refractivity contribution in [3.05, 3.63) is 77.4 Å². The summed E-state index contributed by atoms with van der Waals surface area (Å²) in [4.78, 5) is 23.6. The molecular weight excluding hydrogens is 425 g/mol. The highest BCUT2D eigenvalue weighted by molar-refractivity contribution is 5.95. The van der Waals surface area contributed by atoms with Gasteiger partial charge in [0, 0.05) is 23.5 Å². The van der Waals surface area contributed by atoms with E-state index in [-0.39, 0.29) is 17.9 Å². The van der Waals surface area contributed by atoms with Crippen LogP contribution in [0.1, 0.15) is 13.8 Å². The molecule has 9 heteroatoms. The number of aromatic nitrogens is 5. The first kappa shape index (κ1) is 20.8. The molecule has 0 spiro atoms. The second-order valence-electron chi connectivity index (χ2n) is 8.37. The molecule has 0 fully saturated rings. The quantitative estimate of drug-likeness (QED) is 0.423. The summed E-state index contributed by atoms with van der Waals surface area (Å²) in [6.45, 7) is 3.62. The minimum atomic E-state index is -0.999. The normalized spacial score (nSPS) is 11.9. The SMILES string of the molecule is CC(C)(O)Cn1cc(-c2ncnc3oc(-c4ccc[nH]c4=O)cc23)c(-c2ccc(F)cc2)n1. The Bertz CT molecular complexity index is 1510. The highest BCUT2D eigenvalue weighted by atomic mass is 19.1. The van der Waals surface area contributed by atoms with Gasteiger partial charge < -0.3 is 14.5 Å². The first-order valence-corrected chi connectivity index (χ1v) is 10.3. The summed E-state index contributed by atoms with van der Waals surface area (Å²) in [5, 5.41) is 15.5. The Balaban J connectivity index is 1.71. The number of nitrogens with one attached hydrogen (secondary N) is 1. The van der Waals surface area contributed by atoms with Crippen LogP contribution in [-0.4, -0.2) is 35.4 Å². The maximum Gasteiger partial charge on any atom is 0.258 e. The number of aliphatic hydroxyl groups is 1. The summed E-state index contributed by atoms with van der Waals surface area (Å²) < 4.78 is 21.0. The van der Waals surface area contributed by atoms with Gasteiger partial charge in [-0.25, -0.2) is 14.4 Å². The van der Waals surface area contributed by atoms with Crippen LogP contribution in [0.25, 0.3) is 44.9 Å². The lowest BCUT2D eigenvalue weighted by molar-refractivity contribution is 0.0578. The third-order valence-electron chi connectivity index (χ3n) is 5.10. The molecule has 4 heterocycles. The van der Waals surface area contributed by atoms with Gasteiger partial charge in [-0.15, -0.1) is 0 Å². The van der Waals surface area contributed by atoms with Crippen molar-refractivity contribution in [2.45, 2.75) is 26.0 Å². The third-order valence-corrected chi connectivity index (χ3v) is 5.10. The Morgan fingerprint density at radius 2 is 1.91 bits per heavy atom. The van der Waals surface area contributed by atoms with Crippen molar-refractivity contribution >= 4 is 11.1 Å². The molecule has 0 unspecified atom stereocenters. The predicted molar refractivity (Wildman–Crippen MR) is 121 cm³/mol. The Kier molecular flexibility index (Phi) is 4.90. The van der Waals surface area contributed by atoms with Gasteiger partial charge in [0.15, 0.2) is 0 Å². The van der Waals surface area contributed by atoms with Gasteiger partial charge in [0.05, 0.1) is 28.8 Å². The Labute approximate surface area is 187 Å². The van der Waals surface area contributed by atoms with Crippen molar-refractivity contribution in [2.75, 3.05) is 0 Å². The summed E-state index contributed by atoms with van der Waals surface area (Å²) in [6.07, 6.45) is 4.70. The van der Waals surface area contributed by atoms with Crippen molar-refractivity contribution in [1.29, 1.82) is 0 Å². The number of nitrogens with zero attached hydrogens (tertiary/aromatic N) is 4. The molecule has 0 radical (unpaired) electrons. The van der Waals surface area contributed by atoms with Crippen LogP contribution in [-0.2, 0) is 6.54 Å². The number of aromatic amines is 1. The molecule has 5 aromatic rings. The maximum atomic E-state index is 13.5. The smallest absolute Gasteiger partial charge is 0.258 e. The molecule has 0 amide bonds. The molecule has 5 rings (SSSR count). The van der Waals surface area contributed by atoms with Crippen LogP contribution < -0.4 is 5.56 Å². The van der Waals surface area contributed by atoms with E-state index < -0.39 is 5.60 Å². The van der Waals surface area contributed by atoms with Crippen LogP contribution in [0.2, 0.25) is 0 Å². The molecule has 4 aromatic heterocycles. The molecule has 0 bridgehead atoms. The van der Waals surface area contributed by atoms with Crippen LogP contribution in [0.15, 0.2) is 70.4 Å². The van der Waals surface area contributed by atoms with Gasteiger partial charge >= 0.3 is 0 Å². The minimum absolute atomic E-state index is 0.242. The fourth-order valence-corrected chi connectivity index (χ4v) is 3.71. The predicted octanol–water partition coefficient (Wildman–Crippen LogP) is 4.02. The van der Waals surface area contributed by atoms with Crippen LogP contribution in [0, 0.1) is 5.82 Å². The molecule has 1 aromatic carbocycles. The van der Waals surface area contributed by atoms with Gasteiger partial charge in [-0.1, -0.05) is 0 Å². The van der Waals surface area contributed by atoms with Gasteiger partial charge in [0.1, 0.15) is 23.6 Å². The van der Waals surface area contributed by atoms with E-state index in [0.717, 1.165) is 0 Å². The molecule has 0 aliphatic heterocycles. The zero-order chi connectivity index (χ0) is 23.2. The fraction of sp³-hybridized carbons (Fsp3) is 0.167. The number of hydrogen-bond acceptors (Lipinski definition) is 6. The van der Waals surface area contributed by atoms with Gasteiger partial charge in [-0.2, -0.15) is 5.10 Å². The van der Waals surface area contributed by atoms with E-state index >= 15 is 0 Å². The largest absolute Gasteiger partial charge is 0.437 e. The standard InChI is InChI=1S/C24H20FN5O3/c1-24(2,32)12-30-11-18(20(29-30)14-5-7-15(25)8-6-14)21-17-10-19(33-23(17)28-13-27-21)16-4-3-9-26-22(16)31/h3-11,13,32H,12H2,1-2H3,(H,26,31). The first-order chi connectivity index (χ1) is 15.8. The van der Waals surface area contributed by atoms with Crippen molar-refractivity contribution in [3.8, 4) is 33.8 Å². The van der Waals surface area contributed by atoms with Crippen LogP contribution in [0.4, 0.5) is 4.39 Å². The van der Waals surface area contributed by atoms with E-state index in [0.29, 0.717) is 44.9 Å². The molecule has 0 atom stereocenters. The number of H-pyrrole nitrogens is 1. The van der Waals surface area contributed by atoms with Gasteiger partial charge in [-0.05, 0) is 56.3 Å². The highest BCUT2D eigenvalue weighted by Crippen LogP contribution is 2.36. The summed E-state index contributed by atoms with van der Waals surface area (Å²) in [6, 6.07) is 11.1. The second kappa shape index (κ2) is 7.79. The van der Waals surface area contributed by atoms with Gasteiger partial charge in [-0.3, -0.25) is 9.48 Å². The van der Waals surface area contributed by atoms with Gasteiger partial charge in [0.25, 0.3) is 5.56 Å². The summed E-state index contributed by atoms with van der Waals surface area (Å²) in [5.41, 5.74) is 1.88. The Morgan fingerprint density at radius 1 is 1.12 bits per heavy atom. The lowest BCUT2D eigenvalue weighted by Crippen LogP contribution is -2.26. The molecule has 0 aliphatic rings. The van der Waals surface area contributed by atoms with E-state index in [1.54, 1.807) is 61.3 Å². The highest BCUT2D eigenvalue weighted by Gasteiger charge is 2.22. The Morgan fingerprint density at radius 3 is 2.64 bits per heavy atom. The molecule has 2 N–H and O–H groups in total. The number of halogens is 1. The van der Waals surface area contributed by atoms with Crippen molar-refractivity contribution < 1.29 is 13.9 Å². The minimum Gasteiger partial charge on any atom is -0.437 e. The second-order valence-corrected chi connectivity index (χ2v) is 8.37. The molecule has 0 saturated heterocycles. The average Bonchev–Trinajstić information content (AvgIpc) is 3.37. The van der Waals surface area contributed by atoms with E-state index in [1.807, 2.05) is 0 Å². The van der Waals surface area contributed by atoms with E-state index in [4.69, 9.17) is 4.42 Å². The zero-order valence-electron chi connectivity index (χ0n) is 17.9. The number of fused-ring (bicyclic) bond motifs is 1. The summed E-state index contributed by atoms with van der Waals surface area (Å²) in [5.74, 6) is 0.00836. The lowest BCUT2D eigenvalue weighted by Gasteiger charge is -2.16. The number of rotatable bonds is 5. The molecule has 8 nitrogen and oxygen atoms in total. The van der Waals surface area contributed by atoms with Crippen LogP contribution in [0.3, 0.4) is 0 Å². The van der Waals surface area contributed by atoms with Crippen molar-refractivity contribution in [3.63, 3.8) is 0 Å². The monoisotopic (exact) mass is 445 g/mol. The third kappa shape index (κ3) is 4.06. The van der Waals surface area contributed by atoms with E-state index in [2.05, 4.69) is 20.1 Å². The summed E-state index contributed by atoms with van der Waals surface area (Å²) >= 11 is 0.